The van der Waals surface area contributed by atoms with Crippen molar-refractivity contribution < 1.29 is 23.9 Å². The summed E-state index contributed by atoms with van der Waals surface area (Å²) >= 11 is 0. The van der Waals surface area contributed by atoms with Crippen molar-refractivity contribution in [3.05, 3.63) is 83.9 Å². The highest BCUT2D eigenvalue weighted by Gasteiger charge is 2.37. The van der Waals surface area contributed by atoms with Gasteiger partial charge >= 0.3 is 0 Å². The van der Waals surface area contributed by atoms with Crippen LogP contribution in [0.2, 0.25) is 0 Å². The normalized spacial score (nSPS) is 15.8. The highest BCUT2D eigenvalue weighted by molar-refractivity contribution is 6.07. The van der Waals surface area contributed by atoms with Crippen LogP contribution in [-0.2, 0) is 9.59 Å². The maximum absolute atomic E-state index is 13.2. The van der Waals surface area contributed by atoms with E-state index in [1.165, 1.54) is 12.0 Å². The van der Waals surface area contributed by atoms with Gasteiger partial charge in [0.05, 0.1) is 43.1 Å². The summed E-state index contributed by atoms with van der Waals surface area (Å²) in [6, 6.07) is 21.4. The number of hydrogen-bond donors (Lipinski definition) is 2. The first-order chi connectivity index (χ1) is 17.4. The van der Waals surface area contributed by atoms with Crippen molar-refractivity contribution in [1.29, 1.82) is 0 Å². The summed E-state index contributed by atoms with van der Waals surface area (Å²) in [5.41, 5.74) is 2.27. The molecule has 0 radical (unpaired) electrons. The number of nitrogens with one attached hydrogen (secondary N) is 2. The van der Waals surface area contributed by atoms with E-state index in [9.17, 15) is 14.4 Å². The topological polar surface area (TPSA) is 97.0 Å². The van der Waals surface area contributed by atoms with Crippen LogP contribution in [-0.4, -0.2) is 38.5 Å². The van der Waals surface area contributed by atoms with E-state index in [0.717, 1.165) is 5.56 Å². The Labute approximate surface area is 210 Å². The Balaban J connectivity index is 1.47. The maximum Gasteiger partial charge on any atom is 0.253 e. The van der Waals surface area contributed by atoms with Gasteiger partial charge in [0.15, 0.2) is 0 Å². The number of methoxy groups -OCH3 is 2. The van der Waals surface area contributed by atoms with Crippen LogP contribution in [0.25, 0.3) is 0 Å². The summed E-state index contributed by atoms with van der Waals surface area (Å²) in [6.07, 6.45) is 0.0472. The van der Waals surface area contributed by atoms with Crippen LogP contribution in [0.5, 0.6) is 11.5 Å². The first-order valence-electron chi connectivity index (χ1n) is 11.7. The standard InChI is InChI=1S/C28H29N3O5/c1-18(19-9-5-4-6-10-19)29-28(34)22-11-7-8-12-23(22)30-27(33)20-15-26(32)31(17-20)24-16-21(35-2)13-14-25(24)36-3/h4-14,16,18,20H,15,17H2,1-3H3,(H,29,34)(H,30,33)/t18-,20-/m1/s1. The predicted molar refractivity (Wildman–Crippen MR) is 137 cm³/mol. The van der Waals surface area contributed by atoms with Gasteiger partial charge in [-0.2, -0.15) is 0 Å². The fourth-order valence-corrected chi connectivity index (χ4v) is 4.25. The molecule has 1 aliphatic heterocycles. The lowest BCUT2D eigenvalue weighted by Gasteiger charge is -2.20. The fourth-order valence-electron chi connectivity index (χ4n) is 4.25. The molecule has 3 amide bonds. The number of para-hydroxylation sites is 1. The summed E-state index contributed by atoms with van der Waals surface area (Å²) in [6.45, 7) is 2.09. The Morgan fingerprint density at radius 3 is 2.42 bits per heavy atom. The summed E-state index contributed by atoms with van der Waals surface area (Å²) in [7, 11) is 3.07. The molecule has 3 aromatic carbocycles. The molecule has 0 aromatic heterocycles. The van der Waals surface area contributed by atoms with Crippen LogP contribution in [0, 0.1) is 5.92 Å². The summed E-state index contributed by atoms with van der Waals surface area (Å²) in [5, 5.41) is 5.83. The minimum Gasteiger partial charge on any atom is -0.497 e. The number of carbonyl (C=O) groups is 3. The zero-order valence-corrected chi connectivity index (χ0v) is 20.5. The SMILES string of the molecule is COc1ccc(OC)c(N2C[C@H](C(=O)Nc3ccccc3C(=O)N[C@H](C)c3ccccc3)CC2=O)c1. The van der Waals surface area contributed by atoms with E-state index >= 15 is 0 Å². The molecule has 0 saturated carbocycles. The van der Waals surface area contributed by atoms with E-state index in [4.69, 9.17) is 9.47 Å². The average Bonchev–Trinajstić information content (AvgIpc) is 3.30. The second kappa shape index (κ2) is 10.9. The number of amides is 3. The van der Waals surface area contributed by atoms with Crippen LogP contribution >= 0.6 is 0 Å². The van der Waals surface area contributed by atoms with Gasteiger partial charge < -0.3 is 25.0 Å². The lowest BCUT2D eigenvalue weighted by molar-refractivity contribution is -0.122. The second-order valence-corrected chi connectivity index (χ2v) is 8.58. The molecule has 186 valence electrons. The number of anilines is 2. The van der Waals surface area contributed by atoms with Crippen molar-refractivity contribution >= 4 is 29.1 Å². The van der Waals surface area contributed by atoms with Gasteiger partial charge in [0.1, 0.15) is 11.5 Å². The zero-order valence-electron chi connectivity index (χ0n) is 20.5. The van der Waals surface area contributed by atoms with Crippen molar-refractivity contribution in [3.8, 4) is 11.5 Å². The first kappa shape index (κ1) is 24.8. The van der Waals surface area contributed by atoms with Crippen molar-refractivity contribution in [2.24, 2.45) is 5.92 Å². The molecular formula is C28H29N3O5. The van der Waals surface area contributed by atoms with Crippen LogP contribution in [0.15, 0.2) is 72.8 Å². The van der Waals surface area contributed by atoms with E-state index in [-0.39, 0.29) is 36.7 Å². The Hall–Kier alpha value is -4.33. The number of benzene rings is 3. The number of hydrogen-bond acceptors (Lipinski definition) is 5. The lowest BCUT2D eigenvalue weighted by atomic mass is 10.1. The Morgan fingerprint density at radius 2 is 1.69 bits per heavy atom. The van der Waals surface area contributed by atoms with Crippen LogP contribution in [0.4, 0.5) is 11.4 Å². The summed E-state index contributed by atoms with van der Waals surface area (Å²) in [5.74, 6) is -0.315. The molecule has 2 N–H and O–H groups in total. The molecular weight excluding hydrogens is 458 g/mol. The molecule has 4 rings (SSSR count). The van der Waals surface area contributed by atoms with Gasteiger partial charge in [0.2, 0.25) is 11.8 Å². The van der Waals surface area contributed by atoms with Crippen molar-refractivity contribution in [3.63, 3.8) is 0 Å². The van der Waals surface area contributed by atoms with E-state index in [2.05, 4.69) is 10.6 Å². The quantitative estimate of drug-likeness (QED) is 0.497. The van der Waals surface area contributed by atoms with Crippen molar-refractivity contribution in [1.82, 2.24) is 5.32 Å². The molecule has 1 saturated heterocycles. The van der Waals surface area contributed by atoms with Crippen LogP contribution in [0.3, 0.4) is 0 Å². The van der Waals surface area contributed by atoms with E-state index in [1.54, 1.807) is 49.6 Å². The average molecular weight is 488 g/mol. The predicted octanol–water partition coefficient (Wildman–Crippen LogP) is 4.19. The highest BCUT2D eigenvalue weighted by Crippen LogP contribution is 2.36. The molecule has 8 nitrogen and oxygen atoms in total. The van der Waals surface area contributed by atoms with Crippen molar-refractivity contribution in [2.75, 3.05) is 31.0 Å². The maximum atomic E-state index is 13.2. The smallest absolute Gasteiger partial charge is 0.253 e. The van der Waals surface area contributed by atoms with Gasteiger partial charge in [-0.3, -0.25) is 14.4 Å². The molecule has 1 aliphatic rings. The molecule has 0 spiro atoms. The van der Waals surface area contributed by atoms with Gasteiger partial charge in [-0.15, -0.1) is 0 Å². The molecule has 1 fully saturated rings. The third kappa shape index (κ3) is 5.33. The monoisotopic (exact) mass is 487 g/mol. The third-order valence-electron chi connectivity index (χ3n) is 6.25. The number of rotatable bonds is 8. The summed E-state index contributed by atoms with van der Waals surface area (Å²) in [4.78, 5) is 40.5. The zero-order chi connectivity index (χ0) is 25.7. The van der Waals surface area contributed by atoms with Gasteiger partial charge in [0.25, 0.3) is 5.91 Å². The Kier molecular flexibility index (Phi) is 7.53. The Bertz CT molecular complexity index is 1260. The fraction of sp³-hybridized carbons (Fsp3) is 0.250. The van der Waals surface area contributed by atoms with E-state index < -0.39 is 5.92 Å². The summed E-state index contributed by atoms with van der Waals surface area (Å²) < 4.78 is 10.7. The number of nitrogens with zero attached hydrogens (tertiary/aromatic N) is 1. The number of carbonyl (C=O) groups excluding carboxylic acids is 3. The van der Waals surface area contributed by atoms with Gasteiger partial charge in [-0.05, 0) is 36.8 Å². The van der Waals surface area contributed by atoms with Crippen LogP contribution < -0.4 is 25.0 Å². The Morgan fingerprint density at radius 1 is 0.972 bits per heavy atom. The molecule has 2 atom stereocenters. The number of ether oxygens (including phenoxy) is 2. The molecule has 0 bridgehead atoms. The molecule has 0 aliphatic carbocycles. The molecule has 3 aromatic rings. The second-order valence-electron chi connectivity index (χ2n) is 8.58. The highest BCUT2D eigenvalue weighted by atomic mass is 16.5. The molecule has 1 heterocycles. The first-order valence-corrected chi connectivity index (χ1v) is 11.7. The van der Waals surface area contributed by atoms with Gasteiger partial charge in [-0.1, -0.05) is 42.5 Å². The molecule has 0 unspecified atom stereocenters. The minimum absolute atomic E-state index is 0.0472. The van der Waals surface area contributed by atoms with Gasteiger partial charge in [0, 0.05) is 19.0 Å². The molecule has 8 heteroatoms. The largest absolute Gasteiger partial charge is 0.497 e. The minimum atomic E-state index is -0.590. The van der Waals surface area contributed by atoms with Gasteiger partial charge in [-0.25, -0.2) is 0 Å². The lowest BCUT2D eigenvalue weighted by Crippen LogP contribution is -2.30. The third-order valence-corrected chi connectivity index (χ3v) is 6.25. The van der Waals surface area contributed by atoms with E-state index in [1.807, 2.05) is 37.3 Å². The van der Waals surface area contributed by atoms with E-state index in [0.29, 0.717) is 28.4 Å². The van der Waals surface area contributed by atoms with Crippen molar-refractivity contribution in [2.45, 2.75) is 19.4 Å². The molecule has 36 heavy (non-hydrogen) atoms. The van der Waals surface area contributed by atoms with Crippen LogP contribution in [0.1, 0.15) is 35.3 Å².